The summed E-state index contributed by atoms with van der Waals surface area (Å²) in [7, 11) is 0. The lowest BCUT2D eigenvalue weighted by atomic mass is 10.1. The van der Waals surface area contributed by atoms with Crippen LogP contribution >= 0.6 is 11.6 Å². The number of hydrogen-bond acceptors (Lipinski definition) is 2. The Morgan fingerprint density at radius 3 is 2.45 bits per heavy atom. The zero-order valence-corrected chi connectivity index (χ0v) is 12.8. The molecule has 0 atom stereocenters. The van der Waals surface area contributed by atoms with Crippen LogP contribution in [0.4, 0.5) is 11.4 Å². The van der Waals surface area contributed by atoms with Crippen molar-refractivity contribution in [1.29, 1.82) is 0 Å². The standard InChI is InChI=1S/C17H19ClN2/c1-12(2)20-17-6-4-5-16(13(17)3)19-11-14-7-9-15(18)10-8-14/h4-10,19H,11H2,1-3H3. The van der Waals surface area contributed by atoms with Crippen LogP contribution in [0.15, 0.2) is 47.5 Å². The molecule has 0 unspecified atom stereocenters. The van der Waals surface area contributed by atoms with Gasteiger partial charge in [-0.15, -0.1) is 0 Å². The predicted octanol–water partition coefficient (Wildman–Crippen LogP) is 5.37. The molecule has 0 saturated heterocycles. The van der Waals surface area contributed by atoms with Crippen molar-refractivity contribution in [2.24, 2.45) is 4.99 Å². The highest BCUT2D eigenvalue weighted by Crippen LogP contribution is 2.26. The van der Waals surface area contributed by atoms with Crippen molar-refractivity contribution in [1.82, 2.24) is 0 Å². The van der Waals surface area contributed by atoms with Crippen molar-refractivity contribution >= 4 is 28.7 Å². The van der Waals surface area contributed by atoms with Crippen LogP contribution in [-0.4, -0.2) is 5.71 Å². The van der Waals surface area contributed by atoms with E-state index in [9.17, 15) is 0 Å². The molecule has 2 nitrogen and oxygen atoms in total. The Morgan fingerprint density at radius 2 is 1.80 bits per heavy atom. The largest absolute Gasteiger partial charge is 0.381 e. The molecule has 0 amide bonds. The number of halogens is 1. The van der Waals surface area contributed by atoms with Gasteiger partial charge in [0.2, 0.25) is 0 Å². The summed E-state index contributed by atoms with van der Waals surface area (Å²) in [6.45, 7) is 6.88. The molecule has 0 aliphatic rings. The molecule has 0 heterocycles. The Morgan fingerprint density at radius 1 is 1.10 bits per heavy atom. The molecule has 0 aliphatic carbocycles. The molecule has 2 rings (SSSR count). The maximum atomic E-state index is 5.89. The molecular weight excluding hydrogens is 268 g/mol. The zero-order chi connectivity index (χ0) is 14.5. The SMILES string of the molecule is CC(C)=Nc1cccc(NCc2ccc(Cl)cc2)c1C. The van der Waals surface area contributed by atoms with E-state index in [-0.39, 0.29) is 0 Å². The molecule has 2 aromatic carbocycles. The molecule has 20 heavy (non-hydrogen) atoms. The third kappa shape index (κ3) is 3.84. The first-order chi connectivity index (χ1) is 9.56. The van der Waals surface area contributed by atoms with Gasteiger partial charge in [0, 0.05) is 23.0 Å². The number of nitrogens with one attached hydrogen (secondary N) is 1. The Labute approximate surface area is 125 Å². The van der Waals surface area contributed by atoms with E-state index in [4.69, 9.17) is 11.6 Å². The van der Waals surface area contributed by atoms with E-state index in [2.05, 4.69) is 23.3 Å². The Kier molecular flexibility index (Phi) is 4.80. The lowest BCUT2D eigenvalue weighted by Crippen LogP contribution is -2.01. The minimum atomic E-state index is 0.764. The van der Waals surface area contributed by atoms with Crippen molar-refractivity contribution in [3.05, 3.63) is 58.6 Å². The van der Waals surface area contributed by atoms with Crippen molar-refractivity contribution in [3.63, 3.8) is 0 Å². The van der Waals surface area contributed by atoms with E-state index < -0.39 is 0 Å². The molecule has 0 bridgehead atoms. The summed E-state index contributed by atoms with van der Waals surface area (Å²) in [6.07, 6.45) is 0. The van der Waals surface area contributed by atoms with Crippen LogP contribution in [0.5, 0.6) is 0 Å². The number of nitrogens with zero attached hydrogens (tertiary/aromatic N) is 1. The lowest BCUT2D eigenvalue weighted by Gasteiger charge is -2.11. The summed E-state index contributed by atoms with van der Waals surface area (Å²) in [5.74, 6) is 0. The number of hydrogen-bond donors (Lipinski definition) is 1. The van der Waals surface area contributed by atoms with E-state index in [0.29, 0.717) is 0 Å². The van der Waals surface area contributed by atoms with Gasteiger partial charge in [0.25, 0.3) is 0 Å². The summed E-state index contributed by atoms with van der Waals surface area (Å²) in [4.78, 5) is 4.55. The molecule has 0 saturated carbocycles. The first-order valence-corrected chi connectivity index (χ1v) is 7.04. The normalized spacial score (nSPS) is 10.2. The van der Waals surface area contributed by atoms with Crippen molar-refractivity contribution in [2.75, 3.05) is 5.32 Å². The predicted molar refractivity (Wildman–Crippen MR) is 88.4 cm³/mol. The van der Waals surface area contributed by atoms with E-state index in [1.165, 1.54) is 11.1 Å². The fourth-order valence-electron chi connectivity index (χ4n) is 1.98. The molecule has 0 aromatic heterocycles. The topological polar surface area (TPSA) is 24.4 Å². The van der Waals surface area contributed by atoms with Crippen LogP contribution in [0.25, 0.3) is 0 Å². The summed E-state index contributed by atoms with van der Waals surface area (Å²) in [6, 6.07) is 14.0. The highest BCUT2D eigenvalue weighted by molar-refractivity contribution is 6.30. The summed E-state index contributed by atoms with van der Waals surface area (Å²) >= 11 is 5.89. The minimum Gasteiger partial charge on any atom is -0.381 e. The Hall–Kier alpha value is -1.80. The highest BCUT2D eigenvalue weighted by Gasteiger charge is 2.03. The highest BCUT2D eigenvalue weighted by atomic mass is 35.5. The Bertz CT molecular complexity index is 611. The number of aliphatic imine (C=N–C) groups is 1. The molecule has 0 fully saturated rings. The number of rotatable bonds is 4. The van der Waals surface area contributed by atoms with Crippen LogP contribution in [0, 0.1) is 6.92 Å². The average molecular weight is 287 g/mol. The van der Waals surface area contributed by atoms with Crippen LogP contribution in [-0.2, 0) is 6.54 Å². The summed E-state index contributed by atoms with van der Waals surface area (Å²) in [5, 5.41) is 4.21. The second kappa shape index (κ2) is 6.58. The first-order valence-electron chi connectivity index (χ1n) is 6.66. The molecule has 2 aromatic rings. The monoisotopic (exact) mass is 286 g/mol. The van der Waals surface area contributed by atoms with Gasteiger partial charge in [-0.25, -0.2) is 0 Å². The van der Waals surface area contributed by atoms with E-state index >= 15 is 0 Å². The molecule has 1 N–H and O–H groups in total. The van der Waals surface area contributed by atoms with Crippen molar-refractivity contribution in [3.8, 4) is 0 Å². The fourth-order valence-corrected chi connectivity index (χ4v) is 2.10. The number of anilines is 1. The van der Waals surface area contributed by atoms with Gasteiger partial charge in [-0.05, 0) is 56.2 Å². The van der Waals surface area contributed by atoms with Crippen LogP contribution in [0.2, 0.25) is 5.02 Å². The molecule has 0 aliphatic heterocycles. The molecule has 104 valence electrons. The quantitative estimate of drug-likeness (QED) is 0.751. The van der Waals surface area contributed by atoms with Gasteiger partial charge in [-0.3, -0.25) is 4.99 Å². The molecule has 3 heteroatoms. The van der Waals surface area contributed by atoms with Gasteiger partial charge < -0.3 is 5.32 Å². The van der Waals surface area contributed by atoms with Crippen LogP contribution < -0.4 is 5.32 Å². The van der Waals surface area contributed by atoms with Gasteiger partial charge in [0.05, 0.1) is 5.69 Å². The summed E-state index contributed by atoms with van der Waals surface area (Å²) in [5.41, 5.74) is 5.56. The van der Waals surface area contributed by atoms with Gasteiger partial charge in [0.1, 0.15) is 0 Å². The van der Waals surface area contributed by atoms with E-state index in [1.807, 2.05) is 50.2 Å². The fraction of sp³-hybridized carbons (Fsp3) is 0.235. The average Bonchev–Trinajstić information content (AvgIpc) is 2.41. The van der Waals surface area contributed by atoms with Crippen LogP contribution in [0.1, 0.15) is 25.0 Å². The van der Waals surface area contributed by atoms with Gasteiger partial charge in [-0.1, -0.05) is 29.8 Å². The maximum Gasteiger partial charge on any atom is 0.0678 e. The smallest absolute Gasteiger partial charge is 0.0678 e. The van der Waals surface area contributed by atoms with E-state index in [0.717, 1.165) is 28.7 Å². The molecule has 0 radical (unpaired) electrons. The Balaban J connectivity index is 2.14. The van der Waals surface area contributed by atoms with Gasteiger partial charge in [-0.2, -0.15) is 0 Å². The van der Waals surface area contributed by atoms with Gasteiger partial charge >= 0.3 is 0 Å². The second-order valence-corrected chi connectivity index (χ2v) is 5.43. The molecular formula is C17H19ClN2. The third-order valence-corrected chi connectivity index (χ3v) is 3.30. The van der Waals surface area contributed by atoms with Crippen molar-refractivity contribution in [2.45, 2.75) is 27.3 Å². The van der Waals surface area contributed by atoms with Crippen LogP contribution in [0.3, 0.4) is 0 Å². The van der Waals surface area contributed by atoms with Crippen molar-refractivity contribution < 1.29 is 0 Å². The third-order valence-electron chi connectivity index (χ3n) is 3.05. The lowest BCUT2D eigenvalue weighted by molar-refractivity contribution is 1.14. The maximum absolute atomic E-state index is 5.89. The summed E-state index contributed by atoms with van der Waals surface area (Å²) < 4.78 is 0. The second-order valence-electron chi connectivity index (χ2n) is 4.99. The first kappa shape index (κ1) is 14.6. The minimum absolute atomic E-state index is 0.764. The number of benzene rings is 2. The van der Waals surface area contributed by atoms with E-state index in [1.54, 1.807) is 0 Å². The molecule has 0 spiro atoms. The zero-order valence-electron chi connectivity index (χ0n) is 12.1. The van der Waals surface area contributed by atoms with Gasteiger partial charge in [0.15, 0.2) is 0 Å².